The molecule has 0 aromatic carbocycles. The van der Waals surface area contributed by atoms with Crippen molar-refractivity contribution in [2.75, 3.05) is 12.8 Å². The summed E-state index contributed by atoms with van der Waals surface area (Å²) < 4.78 is 0. The fourth-order valence-electron chi connectivity index (χ4n) is 1.04. The van der Waals surface area contributed by atoms with Gasteiger partial charge in [0.15, 0.2) is 0 Å². The van der Waals surface area contributed by atoms with Crippen LogP contribution in [-0.4, -0.2) is 23.8 Å². The quantitative estimate of drug-likeness (QED) is 0.788. The minimum Gasteiger partial charge on any atom is -0.316 e. The molecule has 0 bridgehead atoms. The lowest BCUT2D eigenvalue weighted by Gasteiger charge is -2.12. The van der Waals surface area contributed by atoms with E-state index in [9.17, 15) is 0 Å². The van der Waals surface area contributed by atoms with Crippen molar-refractivity contribution in [2.45, 2.75) is 24.4 Å². The Morgan fingerprint density at radius 1 is 1.57 bits per heavy atom. The fraction of sp³-hybridized carbons (Fsp3) is 0.500. The number of nitrogens with one attached hydrogen (secondary N) is 1. The molecule has 14 heavy (non-hydrogen) atoms. The third-order valence-electron chi connectivity index (χ3n) is 2.03. The van der Waals surface area contributed by atoms with Crippen molar-refractivity contribution in [1.29, 1.82) is 0 Å². The number of pyridine rings is 1. The Balaban J connectivity index is 2.41. The average molecular weight is 231 g/mol. The van der Waals surface area contributed by atoms with Gasteiger partial charge in [0.25, 0.3) is 0 Å². The minimum atomic E-state index is 0.553. The van der Waals surface area contributed by atoms with Crippen LogP contribution in [0.25, 0.3) is 0 Å². The van der Waals surface area contributed by atoms with E-state index in [-0.39, 0.29) is 0 Å². The third-order valence-corrected chi connectivity index (χ3v) is 3.36. The van der Waals surface area contributed by atoms with Crippen molar-refractivity contribution in [3.63, 3.8) is 0 Å². The molecule has 0 aliphatic heterocycles. The molecule has 4 heteroatoms. The van der Waals surface area contributed by atoms with Gasteiger partial charge < -0.3 is 5.32 Å². The molecule has 78 valence electrons. The van der Waals surface area contributed by atoms with Crippen molar-refractivity contribution >= 4 is 23.4 Å². The van der Waals surface area contributed by atoms with Gasteiger partial charge in [-0.2, -0.15) is 0 Å². The first-order chi connectivity index (χ1) is 6.76. The molecule has 0 aliphatic carbocycles. The summed E-state index contributed by atoms with van der Waals surface area (Å²) in [6.45, 7) is 2.18. The zero-order chi connectivity index (χ0) is 10.4. The van der Waals surface area contributed by atoms with Gasteiger partial charge in [0.1, 0.15) is 0 Å². The number of hydrogen-bond donors (Lipinski definition) is 1. The molecule has 0 saturated carbocycles. The predicted molar refractivity (Wildman–Crippen MR) is 63.1 cm³/mol. The summed E-state index contributed by atoms with van der Waals surface area (Å²) in [5, 5.41) is 4.98. The van der Waals surface area contributed by atoms with Gasteiger partial charge >= 0.3 is 0 Å². The Morgan fingerprint density at radius 2 is 2.36 bits per heavy atom. The first-order valence-corrected chi connectivity index (χ1v) is 6.04. The van der Waals surface area contributed by atoms with Crippen LogP contribution in [0.4, 0.5) is 0 Å². The van der Waals surface area contributed by atoms with Crippen molar-refractivity contribution in [3.05, 3.63) is 23.4 Å². The first kappa shape index (κ1) is 11.8. The summed E-state index contributed by atoms with van der Waals surface area (Å²) in [6, 6.07) is 4.38. The molecule has 1 aromatic rings. The maximum absolute atomic E-state index is 5.74. The van der Waals surface area contributed by atoms with E-state index in [0.717, 1.165) is 17.2 Å². The zero-order valence-electron chi connectivity index (χ0n) is 8.46. The van der Waals surface area contributed by atoms with Gasteiger partial charge in [-0.15, -0.1) is 11.8 Å². The van der Waals surface area contributed by atoms with E-state index in [2.05, 4.69) is 17.2 Å². The van der Waals surface area contributed by atoms with Crippen LogP contribution in [0.5, 0.6) is 0 Å². The molecule has 1 N–H and O–H groups in total. The van der Waals surface area contributed by atoms with Crippen molar-refractivity contribution in [1.82, 2.24) is 10.3 Å². The molecule has 0 radical (unpaired) electrons. The molecular weight excluding hydrogens is 216 g/mol. The largest absolute Gasteiger partial charge is 0.316 e. The lowest BCUT2D eigenvalue weighted by Crippen LogP contribution is -2.26. The molecular formula is C10H15ClN2S. The maximum atomic E-state index is 5.74. The Hall–Kier alpha value is -0.250. The van der Waals surface area contributed by atoms with E-state index in [1.54, 1.807) is 18.0 Å². The summed E-state index contributed by atoms with van der Waals surface area (Å²) in [5.41, 5.74) is 0. The Labute approximate surface area is 94.5 Å². The van der Waals surface area contributed by atoms with Gasteiger partial charge in [-0.3, -0.25) is 0 Å². The highest BCUT2D eigenvalue weighted by Gasteiger charge is 2.04. The fourth-order valence-corrected chi connectivity index (χ4v) is 2.22. The van der Waals surface area contributed by atoms with Gasteiger partial charge in [0.2, 0.25) is 0 Å². The van der Waals surface area contributed by atoms with Crippen LogP contribution in [0, 0.1) is 0 Å². The molecule has 1 atom stereocenters. The van der Waals surface area contributed by atoms with Crippen LogP contribution >= 0.6 is 23.4 Å². The second-order valence-corrected chi connectivity index (χ2v) is 4.50. The number of thioether (sulfide) groups is 1. The molecule has 1 aromatic heterocycles. The van der Waals surface area contributed by atoms with Crippen LogP contribution in [0.15, 0.2) is 23.4 Å². The monoisotopic (exact) mass is 230 g/mol. The molecule has 0 amide bonds. The Morgan fingerprint density at radius 3 is 2.86 bits per heavy atom. The summed E-state index contributed by atoms with van der Waals surface area (Å²) >= 11 is 7.50. The Kier molecular flexibility index (Phi) is 5.30. The summed E-state index contributed by atoms with van der Waals surface area (Å²) in [4.78, 5) is 4.22. The van der Waals surface area contributed by atoms with E-state index < -0.39 is 0 Å². The van der Waals surface area contributed by atoms with Gasteiger partial charge in [-0.25, -0.2) is 4.98 Å². The normalized spacial score (nSPS) is 12.8. The third kappa shape index (κ3) is 3.86. The van der Waals surface area contributed by atoms with Crippen LogP contribution in [0.3, 0.4) is 0 Å². The lowest BCUT2D eigenvalue weighted by molar-refractivity contribution is 0.601. The zero-order valence-corrected chi connectivity index (χ0v) is 10.0. The Bertz CT molecular complexity index is 259. The highest BCUT2D eigenvalue weighted by molar-refractivity contribution is 7.99. The van der Waals surface area contributed by atoms with Crippen LogP contribution in [-0.2, 0) is 0 Å². The molecule has 2 nitrogen and oxygen atoms in total. The molecule has 0 aliphatic rings. The van der Waals surface area contributed by atoms with Gasteiger partial charge in [-0.05, 0) is 25.6 Å². The van der Waals surface area contributed by atoms with Crippen molar-refractivity contribution in [3.8, 4) is 0 Å². The number of aromatic nitrogens is 1. The van der Waals surface area contributed by atoms with Crippen molar-refractivity contribution in [2.24, 2.45) is 0 Å². The van der Waals surface area contributed by atoms with Gasteiger partial charge in [0.05, 0.1) is 10.0 Å². The van der Waals surface area contributed by atoms with Gasteiger partial charge in [0, 0.05) is 18.0 Å². The lowest BCUT2D eigenvalue weighted by atomic mass is 10.3. The van der Waals surface area contributed by atoms with Crippen molar-refractivity contribution < 1.29 is 0 Å². The second-order valence-electron chi connectivity index (χ2n) is 3.02. The van der Waals surface area contributed by atoms with Crippen LogP contribution < -0.4 is 5.32 Å². The smallest absolute Gasteiger partial charge is 0.0961 e. The summed E-state index contributed by atoms with van der Waals surface area (Å²) in [7, 11) is 1.99. The number of halogens is 1. The topological polar surface area (TPSA) is 24.9 Å². The predicted octanol–water partition coefficient (Wildman–Crippen LogP) is 2.83. The number of hydrogen-bond acceptors (Lipinski definition) is 3. The second kappa shape index (κ2) is 6.27. The SMILES string of the molecule is CCC(CSc1ccc(Cl)cn1)NC. The standard InChI is InChI=1S/C10H15ClN2S/c1-3-9(12-2)7-14-10-5-4-8(11)6-13-10/h4-6,9,12H,3,7H2,1-2H3. The van der Waals surface area contributed by atoms with E-state index >= 15 is 0 Å². The maximum Gasteiger partial charge on any atom is 0.0961 e. The molecule has 0 fully saturated rings. The molecule has 1 unspecified atom stereocenters. The molecule has 1 heterocycles. The summed E-state index contributed by atoms with van der Waals surface area (Å²) in [6.07, 6.45) is 2.82. The van der Waals surface area contributed by atoms with E-state index in [1.165, 1.54) is 0 Å². The number of nitrogens with zero attached hydrogens (tertiary/aromatic N) is 1. The van der Waals surface area contributed by atoms with Crippen LogP contribution in [0.1, 0.15) is 13.3 Å². The highest BCUT2D eigenvalue weighted by atomic mass is 35.5. The van der Waals surface area contributed by atoms with E-state index in [4.69, 9.17) is 11.6 Å². The summed E-state index contributed by atoms with van der Waals surface area (Å²) in [5.74, 6) is 1.04. The molecule has 0 saturated heterocycles. The number of rotatable bonds is 5. The van der Waals surface area contributed by atoms with Crippen LogP contribution in [0.2, 0.25) is 5.02 Å². The molecule has 1 rings (SSSR count). The van der Waals surface area contributed by atoms with Gasteiger partial charge in [-0.1, -0.05) is 18.5 Å². The first-order valence-electron chi connectivity index (χ1n) is 4.68. The van der Waals surface area contributed by atoms with E-state index in [1.807, 2.05) is 19.2 Å². The average Bonchev–Trinajstić information content (AvgIpc) is 2.22. The highest BCUT2D eigenvalue weighted by Crippen LogP contribution is 2.18. The molecule has 0 spiro atoms. The minimum absolute atomic E-state index is 0.553. The van der Waals surface area contributed by atoms with E-state index in [0.29, 0.717) is 11.1 Å².